The van der Waals surface area contributed by atoms with E-state index in [1.54, 1.807) is 11.0 Å². The van der Waals surface area contributed by atoms with Gasteiger partial charge in [-0.15, -0.1) is 23.5 Å². The van der Waals surface area contributed by atoms with Crippen LogP contribution < -0.4 is 0 Å². The van der Waals surface area contributed by atoms with Crippen LogP contribution in [0.1, 0.15) is 38.8 Å². The van der Waals surface area contributed by atoms with Crippen molar-refractivity contribution in [2.24, 2.45) is 17.8 Å². The summed E-state index contributed by atoms with van der Waals surface area (Å²) in [4.78, 5) is 23.3. The molecule has 146 valence electrons. The van der Waals surface area contributed by atoms with Crippen LogP contribution in [0.2, 0.25) is 0 Å². The summed E-state index contributed by atoms with van der Waals surface area (Å²) in [5.74, 6) is -2.56. The van der Waals surface area contributed by atoms with Crippen molar-refractivity contribution in [1.82, 2.24) is 0 Å². The van der Waals surface area contributed by atoms with Crippen molar-refractivity contribution in [3.63, 3.8) is 0 Å². The van der Waals surface area contributed by atoms with Gasteiger partial charge in [-0.2, -0.15) is 0 Å². The molecule has 1 aliphatic heterocycles. The summed E-state index contributed by atoms with van der Waals surface area (Å²) in [5, 5.41) is 20.1. The van der Waals surface area contributed by atoms with Gasteiger partial charge in [-0.1, -0.05) is 58.0 Å². The summed E-state index contributed by atoms with van der Waals surface area (Å²) in [6, 6.07) is 7.42. The number of allylic oxidation sites excluding steroid dienone is 1. The number of hydrogen-bond donors (Lipinski definition) is 2. The third kappa shape index (κ3) is 5.66. The lowest BCUT2D eigenvalue weighted by molar-refractivity contribution is -0.152. The Bertz CT molecular complexity index is 751. The van der Waals surface area contributed by atoms with Crippen molar-refractivity contribution in [2.45, 2.75) is 38.7 Å². The first-order valence-electron chi connectivity index (χ1n) is 8.96. The van der Waals surface area contributed by atoms with Gasteiger partial charge in [-0.05, 0) is 45.3 Å². The van der Waals surface area contributed by atoms with Gasteiger partial charge in [0, 0.05) is 0 Å². The van der Waals surface area contributed by atoms with Crippen LogP contribution >= 0.6 is 23.5 Å². The molecule has 0 saturated carbocycles. The van der Waals surface area contributed by atoms with E-state index in [0.717, 1.165) is 27.5 Å². The molecule has 1 heterocycles. The maximum atomic E-state index is 10.9. The number of aliphatic carboxylic acids is 2. The number of carboxylic acids is 2. The van der Waals surface area contributed by atoms with Crippen LogP contribution in [0, 0.1) is 17.8 Å². The van der Waals surface area contributed by atoms with E-state index in [-0.39, 0.29) is 0 Å². The van der Waals surface area contributed by atoms with Gasteiger partial charge in [-0.25, -0.2) is 0 Å². The first-order valence-corrected chi connectivity index (χ1v) is 10.8. The number of carboxylic acid groups (broad SMARTS) is 2. The predicted molar refractivity (Wildman–Crippen MR) is 114 cm³/mol. The SMILES string of the molecule is CC(C)C1=CSC(C(C)C)S1.O=C(O)C(C(=O)O)C1=Cc2ccccc2C1. The second kappa shape index (κ2) is 9.51. The molecule has 3 rings (SSSR count). The number of benzene rings is 1. The molecule has 1 unspecified atom stereocenters. The molecule has 2 N–H and O–H groups in total. The smallest absolute Gasteiger partial charge is 0.322 e. The van der Waals surface area contributed by atoms with Gasteiger partial charge in [0.15, 0.2) is 5.92 Å². The molecule has 0 aromatic heterocycles. The largest absolute Gasteiger partial charge is 0.480 e. The highest BCUT2D eigenvalue weighted by Gasteiger charge is 2.32. The van der Waals surface area contributed by atoms with Gasteiger partial charge in [0.2, 0.25) is 0 Å². The molecule has 0 bridgehead atoms. The van der Waals surface area contributed by atoms with Crippen LogP contribution in [0.5, 0.6) is 0 Å². The van der Waals surface area contributed by atoms with Crippen LogP contribution in [0.4, 0.5) is 0 Å². The summed E-state index contributed by atoms with van der Waals surface area (Å²) < 4.78 is 0.771. The normalized spacial score (nSPS) is 18.1. The molecule has 27 heavy (non-hydrogen) atoms. The second-order valence-electron chi connectivity index (χ2n) is 7.25. The zero-order valence-corrected chi connectivity index (χ0v) is 17.6. The quantitative estimate of drug-likeness (QED) is 0.642. The number of carbonyl (C=O) groups is 2. The molecule has 1 aromatic rings. The lowest BCUT2D eigenvalue weighted by Gasteiger charge is -2.13. The monoisotopic (exact) mass is 406 g/mol. The fourth-order valence-corrected chi connectivity index (χ4v) is 5.58. The fourth-order valence-electron chi connectivity index (χ4n) is 2.80. The molecule has 0 radical (unpaired) electrons. The molecule has 1 atom stereocenters. The molecule has 2 aliphatic rings. The average Bonchev–Trinajstić information content (AvgIpc) is 3.21. The molecular weight excluding hydrogens is 380 g/mol. The molecule has 0 fully saturated rings. The van der Waals surface area contributed by atoms with Crippen molar-refractivity contribution in [1.29, 1.82) is 0 Å². The van der Waals surface area contributed by atoms with Crippen LogP contribution in [-0.2, 0) is 16.0 Å². The first-order chi connectivity index (χ1) is 12.7. The molecule has 0 spiro atoms. The van der Waals surface area contributed by atoms with E-state index in [2.05, 4.69) is 44.9 Å². The van der Waals surface area contributed by atoms with Crippen LogP contribution in [0.3, 0.4) is 0 Å². The highest BCUT2D eigenvalue weighted by Crippen LogP contribution is 2.46. The van der Waals surface area contributed by atoms with Gasteiger partial charge in [0.25, 0.3) is 0 Å². The Labute approximate surface area is 169 Å². The summed E-state index contributed by atoms with van der Waals surface area (Å²) in [6.45, 7) is 9.12. The Morgan fingerprint density at radius 2 is 1.70 bits per heavy atom. The molecule has 1 aromatic carbocycles. The minimum absolute atomic E-state index is 0.402. The molecular formula is C21H26O4S2. The lowest BCUT2D eigenvalue weighted by atomic mass is 9.97. The Morgan fingerprint density at radius 1 is 1.07 bits per heavy atom. The third-order valence-corrected chi connectivity index (χ3v) is 7.95. The molecule has 6 heteroatoms. The second-order valence-corrected chi connectivity index (χ2v) is 9.77. The fraction of sp³-hybridized carbons (Fsp3) is 0.429. The molecule has 1 aliphatic carbocycles. The topological polar surface area (TPSA) is 74.6 Å². The Kier molecular flexibility index (Phi) is 7.62. The number of hydrogen-bond acceptors (Lipinski definition) is 4. The van der Waals surface area contributed by atoms with E-state index in [1.807, 2.05) is 36.0 Å². The summed E-state index contributed by atoms with van der Waals surface area (Å²) in [7, 11) is 0. The van der Waals surface area contributed by atoms with E-state index in [1.165, 1.54) is 0 Å². The van der Waals surface area contributed by atoms with E-state index in [9.17, 15) is 9.59 Å². The van der Waals surface area contributed by atoms with Crippen LogP contribution in [0.15, 0.2) is 40.2 Å². The van der Waals surface area contributed by atoms with Crippen LogP contribution in [-0.4, -0.2) is 26.7 Å². The van der Waals surface area contributed by atoms with E-state index >= 15 is 0 Å². The molecule has 0 amide bonds. The Morgan fingerprint density at radius 3 is 2.15 bits per heavy atom. The summed E-state index contributed by atoms with van der Waals surface area (Å²) in [5.41, 5.74) is 2.32. The zero-order chi connectivity index (χ0) is 20.1. The average molecular weight is 407 g/mol. The van der Waals surface area contributed by atoms with Crippen molar-refractivity contribution < 1.29 is 19.8 Å². The Hall–Kier alpha value is -1.66. The van der Waals surface area contributed by atoms with Crippen molar-refractivity contribution in [2.75, 3.05) is 0 Å². The maximum absolute atomic E-state index is 10.9. The standard InChI is InChI=1S/C12H10O4.C9H16S2/c13-11(14)10(12(15)16)9-5-7-3-1-2-4-8(7)6-9;1-6(2)8-5-10-9(11-8)7(3)4/h1-5,10H,6H2,(H,13,14)(H,15,16);5-7,9H,1-4H3. The third-order valence-electron chi connectivity index (χ3n) is 4.34. The van der Waals surface area contributed by atoms with Gasteiger partial charge in [0.05, 0.1) is 4.58 Å². The predicted octanol–water partition coefficient (Wildman–Crippen LogP) is 5.36. The van der Waals surface area contributed by atoms with Crippen molar-refractivity contribution >= 4 is 41.5 Å². The summed E-state index contributed by atoms with van der Waals surface area (Å²) >= 11 is 4.04. The van der Waals surface area contributed by atoms with Gasteiger partial charge in [0.1, 0.15) is 0 Å². The highest BCUT2D eigenvalue weighted by atomic mass is 32.2. The van der Waals surface area contributed by atoms with E-state index in [4.69, 9.17) is 10.2 Å². The molecule has 4 nitrogen and oxygen atoms in total. The number of rotatable bonds is 5. The van der Waals surface area contributed by atoms with E-state index < -0.39 is 17.9 Å². The number of thioether (sulfide) groups is 2. The van der Waals surface area contributed by atoms with Crippen LogP contribution in [0.25, 0.3) is 6.08 Å². The first kappa shape index (κ1) is 21.6. The van der Waals surface area contributed by atoms with Crippen molar-refractivity contribution in [3.8, 4) is 0 Å². The minimum atomic E-state index is -1.44. The summed E-state index contributed by atoms with van der Waals surface area (Å²) in [6.07, 6.45) is 2.06. The van der Waals surface area contributed by atoms with E-state index in [0.29, 0.717) is 12.0 Å². The van der Waals surface area contributed by atoms with Gasteiger partial charge in [-0.3, -0.25) is 9.59 Å². The molecule has 0 saturated heterocycles. The zero-order valence-electron chi connectivity index (χ0n) is 16.0. The van der Waals surface area contributed by atoms with Crippen molar-refractivity contribution in [3.05, 3.63) is 51.3 Å². The Balaban J connectivity index is 0.000000208. The number of fused-ring (bicyclic) bond motifs is 1. The lowest BCUT2D eigenvalue weighted by Crippen LogP contribution is -2.25. The van der Waals surface area contributed by atoms with Gasteiger partial charge < -0.3 is 10.2 Å². The maximum Gasteiger partial charge on any atom is 0.322 e. The minimum Gasteiger partial charge on any atom is -0.480 e. The van der Waals surface area contributed by atoms with Gasteiger partial charge >= 0.3 is 11.9 Å². The highest BCUT2D eigenvalue weighted by molar-refractivity contribution is 8.23.